The van der Waals surface area contributed by atoms with Crippen LogP contribution in [0.1, 0.15) is 15.9 Å². The van der Waals surface area contributed by atoms with E-state index in [4.69, 9.17) is 4.42 Å². The van der Waals surface area contributed by atoms with Crippen LogP contribution in [0.15, 0.2) is 95.5 Å². The zero-order chi connectivity index (χ0) is 21.9. The Kier molecular flexibility index (Phi) is 5.05. The fourth-order valence-corrected chi connectivity index (χ4v) is 3.30. The van der Waals surface area contributed by atoms with Gasteiger partial charge in [-0.3, -0.25) is 4.79 Å². The Morgan fingerprint density at radius 1 is 0.844 bits per heavy atom. The molecular formula is C25H19N5O2. The fraction of sp³-hybridized carbons (Fsp3) is 0.0400. The van der Waals surface area contributed by atoms with Gasteiger partial charge in [0.05, 0.1) is 5.69 Å². The predicted molar refractivity (Wildman–Crippen MR) is 121 cm³/mol. The summed E-state index contributed by atoms with van der Waals surface area (Å²) in [7, 11) is 0. The molecule has 0 saturated heterocycles. The van der Waals surface area contributed by atoms with Crippen LogP contribution in [0.3, 0.4) is 0 Å². The van der Waals surface area contributed by atoms with E-state index in [1.165, 1.54) is 0 Å². The maximum Gasteiger partial charge on any atom is 0.256 e. The number of aryl methyl sites for hydroxylation is 1. The summed E-state index contributed by atoms with van der Waals surface area (Å²) in [6.07, 6.45) is 1.80. The van der Waals surface area contributed by atoms with Gasteiger partial charge >= 0.3 is 0 Å². The van der Waals surface area contributed by atoms with Crippen LogP contribution in [0.4, 0.5) is 5.82 Å². The smallest absolute Gasteiger partial charge is 0.256 e. The second-order valence-corrected chi connectivity index (χ2v) is 7.29. The molecule has 7 nitrogen and oxygen atoms in total. The van der Waals surface area contributed by atoms with Crippen LogP contribution in [0.5, 0.6) is 0 Å². The Balaban J connectivity index is 1.29. The number of anilines is 1. The molecule has 0 aliphatic rings. The number of hydrogen-bond acceptors (Lipinski definition) is 5. The van der Waals surface area contributed by atoms with E-state index in [0.29, 0.717) is 23.2 Å². The first kappa shape index (κ1) is 19.4. The lowest BCUT2D eigenvalue weighted by atomic mass is 10.1. The summed E-state index contributed by atoms with van der Waals surface area (Å²) in [5.74, 6) is 1.08. The van der Waals surface area contributed by atoms with Gasteiger partial charge < -0.3 is 9.73 Å². The lowest BCUT2D eigenvalue weighted by Gasteiger charge is -2.03. The quantitative estimate of drug-likeness (QED) is 0.424. The van der Waals surface area contributed by atoms with Crippen molar-refractivity contribution in [2.45, 2.75) is 6.92 Å². The van der Waals surface area contributed by atoms with E-state index in [1.807, 2.05) is 61.5 Å². The van der Waals surface area contributed by atoms with Crippen molar-refractivity contribution in [3.63, 3.8) is 0 Å². The van der Waals surface area contributed by atoms with Crippen LogP contribution >= 0.6 is 0 Å². The third-order valence-corrected chi connectivity index (χ3v) is 4.94. The third kappa shape index (κ3) is 4.04. The van der Waals surface area contributed by atoms with Gasteiger partial charge in [-0.25, -0.2) is 4.68 Å². The molecule has 0 bridgehead atoms. The van der Waals surface area contributed by atoms with Crippen LogP contribution < -0.4 is 5.32 Å². The lowest BCUT2D eigenvalue weighted by Crippen LogP contribution is -2.12. The molecule has 0 saturated carbocycles. The average molecular weight is 421 g/mol. The van der Waals surface area contributed by atoms with Gasteiger partial charge in [-0.2, -0.15) is 5.10 Å². The molecule has 0 fully saturated rings. The summed E-state index contributed by atoms with van der Waals surface area (Å²) in [4.78, 5) is 12.6. The van der Waals surface area contributed by atoms with Crippen molar-refractivity contribution in [2.24, 2.45) is 0 Å². The van der Waals surface area contributed by atoms with E-state index >= 15 is 0 Å². The molecule has 5 rings (SSSR count). The molecule has 0 spiro atoms. The van der Waals surface area contributed by atoms with Gasteiger partial charge in [0.15, 0.2) is 5.82 Å². The Bertz CT molecular complexity index is 1370. The molecule has 1 amide bonds. The van der Waals surface area contributed by atoms with Crippen LogP contribution in [-0.2, 0) is 0 Å². The van der Waals surface area contributed by atoms with Gasteiger partial charge in [0, 0.05) is 29.0 Å². The highest BCUT2D eigenvalue weighted by Gasteiger charge is 2.13. The third-order valence-electron chi connectivity index (χ3n) is 4.94. The standard InChI is InChI=1S/C25H19N5O2/c1-17-6-5-7-20(16-17)25-28-27-24(32-25)19-12-10-18(11-13-19)23(31)26-22-14-15-30(29-22)21-8-3-2-4-9-21/h2-16H,1H3,(H,26,29,31). The minimum absolute atomic E-state index is 0.249. The second-order valence-electron chi connectivity index (χ2n) is 7.29. The molecule has 3 aromatic carbocycles. The predicted octanol–water partition coefficient (Wildman–Crippen LogP) is 5.15. The van der Waals surface area contributed by atoms with Crippen molar-refractivity contribution in [3.05, 3.63) is 102 Å². The van der Waals surface area contributed by atoms with Crippen molar-refractivity contribution in [2.75, 3.05) is 5.32 Å². The van der Waals surface area contributed by atoms with Gasteiger partial charge in [0.2, 0.25) is 11.8 Å². The monoisotopic (exact) mass is 421 g/mol. The van der Waals surface area contributed by atoms with Crippen LogP contribution in [-0.4, -0.2) is 25.9 Å². The molecule has 2 heterocycles. The van der Waals surface area contributed by atoms with Crippen molar-refractivity contribution in [3.8, 4) is 28.6 Å². The highest BCUT2D eigenvalue weighted by molar-refractivity contribution is 6.03. The van der Waals surface area contributed by atoms with Crippen LogP contribution in [0, 0.1) is 6.92 Å². The molecule has 2 aromatic heterocycles. The van der Waals surface area contributed by atoms with E-state index in [1.54, 1.807) is 41.2 Å². The van der Waals surface area contributed by atoms with E-state index in [9.17, 15) is 4.79 Å². The number of rotatable bonds is 5. The zero-order valence-electron chi connectivity index (χ0n) is 17.3. The van der Waals surface area contributed by atoms with Crippen molar-refractivity contribution < 1.29 is 9.21 Å². The lowest BCUT2D eigenvalue weighted by molar-refractivity contribution is 0.102. The minimum Gasteiger partial charge on any atom is -0.416 e. The van der Waals surface area contributed by atoms with Gasteiger partial charge in [0.1, 0.15) is 0 Å². The molecule has 32 heavy (non-hydrogen) atoms. The number of aromatic nitrogens is 4. The Hall–Kier alpha value is -4.52. The number of para-hydroxylation sites is 1. The first-order valence-corrected chi connectivity index (χ1v) is 10.1. The minimum atomic E-state index is -0.249. The summed E-state index contributed by atoms with van der Waals surface area (Å²) in [6.45, 7) is 2.01. The van der Waals surface area contributed by atoms with Crippen LogP contribution in [0.2, 0.25) is 0 Å². The van der Waals surface area contributed by atoms with Gasteiger partial charge in [0.25, 0.3) is 5.91 Å². The van der Waals surface area contributed by atoms with Gasteiger partial charge in [-0.1, -0.05) is 35.9 Å². The first-order chi connectivity index (χ1) is 15.7. The zero-order valence-corrected chi connectivity index (χ0v) is 17.3. The van der Waals surface area contributed by atoms with E-state index < -0.39 is 0 Å². The molecule has 0 unspecified atom stereocenters. The number of carbonyl (C=O) groups is 1. The molecule has 7 heteroatoms. The summed E-state index contributed by atoms with van der Waals surface area (Å²) in [5, 5.41) is 15.5. The van der Waals surface area contributed by atoms with Gasteiger partial charge in [-0.15, -0.1) is 10.2 Å². The molecule has 5 aromatic rings. The van der Waals surface area contributed by atoms with E-state index in [-0.39, 0.29) is 5.91 Å². The second kappa shape index (κ2) is 8.31. The van der Waals surface area contributed by atoms with Gasteiger partial charge in [-0.05, 0) is 55.5 Å². The summed E-state index contributed by atoms with van der Waals surface area (Å²) in [6, 6.07) is 26.3. The maximum absolute atomic E-state index is 12.6. The van der Waals surface area contributed by atoms with E-state index in [2.05, 4.69) is 20.6 Å². The molecular weight excluding hydrogens is 402 g/mol. The largest absolute Gasteiger partial charge is 0.416 e. The molecule has 156 valence electrons. The summed E-state index contributed by atoms with van der Waals surface area (Å²) in [5.41, 5.74) is 4.14. The number of carbonyl (C=O) groups excluding carboxylic acids is 1. The number of nitrogens with one attached hydrogen (secondary N) is 1. The van der Waals surface area contributed by atoms with Crippen molar-refractivity contribution in [1.29, 1.82) is 0 Å². The molecule has 1 N–H and O–H groups in total. The average Bonchev–Trinajstić information content (AvgIpc) is 3.50. The number of nitrogens with zero attached hydrogens (tertiary/aromatic N) is 4. The van der Waals surface area contributed by atoms with Crippen LogP contribution in [0.25, 0.3) is 28.6 Å². The molecule has 0 atom stereocenters. The Labute approximate surface area is 184 Å². The summed E-state index contributed by atoms with van der Waals surface area (Å²) >= 11 is 0. The number of benzene rings is 3. The number of hydrogen-bond donors (Lipinski definition) is 1. The Morgan fingerprint density at radius 2 is 1.59 bits per heavy atom. The fourth-order valence-electron chi connectivity index (χ4n) is 3.30. The Morgan fingerprint density at radius 3 is 2.34 bits per heavy atom. The van der Waals surface area contributed by atoms with Crippen molar-refractivity contribution in [1.82, 2.24) is 20.0 Å². The van der Waals surface area contributed by atoms with Crippen molar-refractivity contribution >= 4 is 11.7 Å². The normalized spacial score (nSPS) is 10.8. The highest BCUT2D eigenvalue weighted by atomic mass is 16.4. The summed E-state index contributed by atoms with van der Waals surface area (Å²) < 4.78 is 7.52. The SMILES string of the molecule is Cc1cccc(-c2nnc(-c3ccc(C(=O)Nc4ccn(-c5ccccc5)n4)cc3)o2)c1. The maximum atomic E-state index is 12.6. The van der Waals surface area contributed by atoms with E-state index in [0.717, 1.165) is 22.4 Å². The topological polar surface area (TPSA) is 85.8 Å². The first-order valence-electron chi connectivity index (χ1n) is 10.1. The number of amides is 1. The molecule has 0 aliphatic carbocycles. The molecule has 0 radical (unpaired) electrons. The molecule has 0 aliphatic heterocycles. The highest BCUT2D eigenvalue weighted by Crippen LogP contribution is 2.25.